The van der Waals surface area contributed by atoms with Crippen LogP contribution in [0.2, 0.25) is 10.0 Å². The maximum absolute atomic E-state index is 9.20. The summed E-state index contributed by atoms with van der Waals surface area (Å²) in [7, 11) is 0. The second-order valence-corrected chi connectivity index (χ2v) is 6.17. The Labute approximate surface area is 147 Å². The van der Waals surface area contributed by atoms with Crippen molar-refractivity contribution in [2.24, 2.45) is 0 Å². The van der Waals surface area contributed by atoms with Crippen molar-refractivity contribution in [2.45, 2.75) is 32.5 Å². The molecule has 0 saturated heterocycles. The van der Waals surface area contributed by atoms with Crippen LogP contribution >= 0.6 is 23.2 Å². The van der Waals surface area contributed by atoms with Crippen LogP contribution in [0.5, 0.6) is 5.75 Å². The van der Waals surface area contributed by atoms with Crippen molar-refractivity contribution in [2.75, 3.05) is 6.61 Å². The standard InChI is InChI=1S/C18H21Cl2NO2/c1-2-15(11-22)21-10-13-4-3-5-16(8-13)23-12-14-6-7-17(19)18(20)9-14/h3-9,15,21-22H,2,10-12H2,1H3. The number of benzene rings is 2. The molecule has 2 rings (SSSR count). The molecule has 0 radical (unpaired) electrons. The van der Waals surface area contributed by atoms with E-state index in [1.165, 1.54) is 0 Å². The largest absolute Gasteiger partial charge is 0.489 e. The molecule has 0 spiro atoms. The topological polar surface area (TPSA) is 41.5 Å². The molecule has 0 aliphatic heterocycles. The molecule has 0 amide bonds. The smallest absolute Gasteiger partial charge is 0.120 e. The van der Waals surface area contributed by atoms with Gasteiger partial charge in [0, 0.05) is 12.6 Å². The van der Waals surface area contributed by atoms with Gasteiger partial charge >= 0.3 is 0 Å². The van der Waals surface area contributed by atoms with Crippen LogP contribution in [0.4, 0.5) is 0 Å². The third-order valence-electron chi connectivity index (χ3n) is 3.60. The van der Waals surface area contributed by atoms with Crippen LogP contribution < -0.4 is 10.1 Å². The monoisotopic (exact) mass is 353 g/mol. The first kappa shape index (κ1) is 18.1. The van der Waals surface area contributed by atoms with Crippen LogP contribution in [0.3, 0.4) is 0 Å². The van der Waals surface area contributed by atoms with Gasteiger partial charge in [-0.05, 0) is 41.8 Å². The van der Waals surface area contributed by atoms with Crippen LogP contribution in [0.25, 0.3) is 0 Å². The zero-order valence-electron chi connectivity index (χ0n) is 13.1. The van der Waals surface area contributed by atoms with E-state index < -0.39 is 0 Å². The molecule has 3 nitrogen and oxygen atoms in total. The molecule has 2 aromatic rings. The Bertz CT molecular complexity index is 630. The Morgan fingerprint density at radius 3 is 2.61 bits per heavy atom. The molecule has 23 heavy (non-hydrogen) atoms. The highest BCUT2D eigenvalue weighted by Gasteiger charge is 2.05. The van der Waals surface area contributed by atoms with Crippen molar-refractivity contribution < 1.29 is 9.84 Å². The Morgan fingerprint density at radius 1 is 1.09 bits per heavy atom. The number of aliphatic hydroxyl groups is 1. The van der Waals surface area contributed by atoms with Gasteiger partial charge in [0.1, 0.15) is 12.4 Å². The fraction of sp³-hybridized carbons (Fsp3) is 0.333. The lowest BCUT2D eigenvalue weighted by molar-refractivity contribution is 0.238. The minimum atomic E-state index is 0.121. The lowest BCUT2D eigenvalue weighted by Crippen LogP contribution is -2.31. The van der Waals surface area contributed by atoms with Crippen LogP contribution in [0.15, 0.2) is 42.5 Å². The van der Waals surface area contributed by atoms with E-state index in [2.05, 4.69) is 5.32 Å². The van der Waals surface area contributed by atoms with Crippen molar-refractivity contribution in [1.29, 1.82) is 0 Å². The molecule has 0 aliphatic rings. The Morgan fingerprint density at radius 2 is 1.91 bits per heavy atom. The SMILES string of the molecule is CCC(CO)NCc1cccc(OCc2ccc(Cl)c(Cl)c2)c1. The number of rotatable bonds is 8. The minimum Gasteiger partial charge on any atom is -0.489 e. The number of hydrogen-bond donors (Lipinski definition) is 2. The van der Waals surface area contributed by atoms with Crippen LogP contribution in [0, 0.1) is 0 Å². The van der Waals surface area contributed by atoms with Gasteiger partial charge in [0.05, 0.1) is 16.7 Å². The summed E-state index contributed by atoms with van der Waals surface area (Å²) in [6.45, 7) is 3.32. The van der Waals surface area contributed by atoms with E-state index in [9.17, 15) is 5.11 Å². The highest BCUT2D eigenvalue weighted by molar-refractivity contribution is 6.42. The molecule has 2 aromatic carbocycles. The number of halogens is 2. The summed E-state index contributed by atoms with van der Waals surface area (Å²) in [5.74, 6) is 0.799. The predicted molar refractivity (Wildman–Crippen MR) is 95.2 cm³/mol. The van der Waals surface area contributed by atoms with E-state index in [0.717, 1.165) is 23.3 Å². The summed E-state index contributed by atoms with van der Waals surface area (Å²) < 4.78 is 5.81. The van der Waals surface area contributed by atoms with Gasteiger partial charge in [-0.15, -0.1) is 0 Å². The summed E-state index contributed by atoms with van der Waals surface area (Å²) >= 11 is 11.9. The molecule has 0 fully saturated rings. The van der Waals surface area contributed by atoms with Crippen molar-refractivity contribution in [3.63, 3.8) is 0 Å². The zero-order chi connectivity index (χ0) is 16.7. The maximum atomic E-state index is 9.20. The van der Waals surface area contributed by atoms with Gasteiger partial charge < -0.3 is 15.2 Å². The summed E-state index contributed by atoms with van der Waals surface area (Å²) in [5, 5.41) is 13.6. The normalized spacial score (nSPS) is 12.2. The van der Waals surface area contributed by atoms with E-state index in [1.54, 1.807) is 6.07 Å². The molecule has 0 saturated carbocycles. The second-order valence-electron chi connectivity index (χ2n) is 5.35. The minimum absolute atomic E-state index is 0.121. The van der Waals surface area contributed by atoms with Crippen LogP contribution in [-0.2, 0) is 13.2 Å². The summed E-state index contributed by atoms with van der Waals surface area (Å²) in [4.78, 5) is 0. The number of hydrogen-bond acceptors (Lipinski definition) is 3. The molecule has 0 bridgehead atoms. The van der Waals surface area contributed by atoms with Gasteiger partial charge in [0.25, 0.3) is 0 Å². The van der Waals surface area contributed by atoms with Crippen LogP contribution in [0.1, 0.15) is 24.5 Å². The van der Waals surface area contributed by atoms with Gasteiger partial charge in [-0.2, -0.15) is 0 Å². The van der Waals surface area contributed by atoms with Gasteiger partial charge in [0.2, 0.25) is 0 Å². The van der Waals surface area contributed by atoms with Crippen LogP contribution in [-0.4, -0.2) is 17.8 Å². The van der Waals surface area contributed by atoms with Gasteiger partial charge in [-0.25, -0.2) is 0 Å². The Hall–Kier alpha value is -1.26. The molecule has 0 aromatic heterocycles. The average Bonchev–Trinajstić information content (AvgIpc) is 2.57. The number of ether oxygens (including phenoxy) is 1. The van der Waals surface area contributed by atoms with Crippen molar-refractivity contribution >= 4 is 23.2 Å². The first-order valence-corrected chi connectivity index (χ1v) is 8.38. The molecule has 0 heterocycles. The molecule has 2 N–H and O–H groups in total. The fourth-order valence-electron chi connectivity index (χ4n) is 2.14. The third kappa shape index (κ3) is 5.70. The Kier molecular flexibility index (Phi) is 7.18. The number of aliphatic hydroxyl groups excluding tert-OH is 1. The molecule has 124 valence electrons. The number of nitrogens with one attached hydrogen (secondary N) is 1. The van der Waals surface area contributed by atoms with E-state index in [-0.39, 0.29) is 12.6 Å². The molecule has 0 aliphatic carbocycles. The zero-order valence-corrected chi connectivity index (χ0v) is 14.6. The van der Waals surface area contributed by atoms with E-state index in [4.69, 9.17) is 27.9 Å². The van der Waals surface area contributed by atoms with E-state index in [1.807, 2.05) is 43.3 Å². The van der Waals surface area contributed by atoms with Gasteiger partial charge in [-0.1, -0.05) is 48.3 Å². The maximum Gasteiger partial charge on any atom is 0.120 e. The third-order valence-corrected chi connectivity index (χ3v) is 4.34. The molecule has 1 unspecified atom stereocenters. The highest BCUT2D eigenvalue weighted by atomic mass is 35.5. The highest BCUT2D eigenvalue weighted by Crippen LogP contribution is 2.23. The lowest BCUT2D eigenvalue weighted by atomic mass is 10.2. The fourth-order valence-corrected chi connectivity index (χ4v) is 2.46. The lowest BCUT2D eigenvalue weighted by Gasteiger charge is -2.14. The molecular formula is C18H21Cl2NO2. The molecule has 1 atom stereocenters. The molecular weight excluding hydrogens is 333 g/mol. The second kappa shape index (κ2) is 9.14. The first-order chi connectivity index (χ1) is 11.1. The van der Waals surface area contributed by atoms with Crippen molar-refractivity contribution in [3.8, 4) is 5.75 Å². The summed E-state index contributed by atoms with van der Waals surface area (Å²) in [6.07, 6.45) is 0.893. The van der Waals surface area contributed by atoms with Gasteiger partial charge in [-0.3, -0.25) is 0 Å². The Balaban J connectivity index is 1.92. The van der Waals surface area contributed by atoms with Crippen molar-refractivity contribution in [3.05, 3.63) is 63.6 Å². The summed E-state index contributed by atoms with van der Waals surface area (Å²) in [6, 6.07) is 13.5. The van der Waals surface area contributed by atoms with E-state index >= 15 is 0 Å². The van der Waals surface area contributed by atoms with Gasteiger partial charge in [0.15, 0.2) is 0 Å². The van der Waals surface area contributed by atoms with Crippen molar-refractivity contribution in [1.82, 2.24) is 5.32 Å². The predicted octanol–water partition coefficient (Wildman–Crippen LogP) is 4.43. The summed E-state index contributed by atoms with van der Waals surface area (Å²) in [5.41, 5.74) is 2.08. The van der Waals surface area contributed by atoms with E-state index in [0.29, 0.717) is 23.2 Å². The average molecular weight is 354 g/mol. The quantitative estimate of drug-likeness (QED) is 0.737. The first-order valence-electron chi connectivity index (χ1n) is 7.62. The molecule has 5 heteroatoms.